The second-order valence-corrected chi connectivity index (χ2v) is 3.69. The first-order chi connectivity index (χ1) is 8.24. The predicted molar refractivity (Wildman–Crippen MR) is 70.2 cm³/mol. The van der Waals surface area contributed by atoms with E-state index in [9.17, 15) is 0 Å². The molecule has 0 bridgehead atoms. The highest BCUT2D eigenvalue weighted by molar-refractivity contribution is 5.56. The van der Waals surface area contributed by atoms with Gasteiger partial charge in [0.05, 0.1) is 6.61 Å². The minimum atomic E-state index is 0.576. The van der Waals surface area contributed by atoms with Gasteiger partial charge in [0.25, 0.3) is 0 Å². The maximum atomic E-state index is 5.87. The lowest BCUT2D eigenvalue weighted by Gasteiger charge is -2.24. The molecule has 1 rings (SSSR count). The van der Waals surface area contributed by atoms with Crippen molar-refractivity contribution in [3.8, 4) is 0 Å². The first kappa shape index (κ1) is 13.7. The Kier molecular flexibility index (Phi) is 5.69. The van der Waals surface area contributed by atoms with Crippen LogP contribution in [0.4, 0.5) is 11.6 Å². The van der Waals surface area contributed by atoms with Crippen molar-refractivity contribution in [2.75, 3.05) is 36.9 Å². The predicted octanol–water partition coefficient (Wildman–Crippen LogP) is 1.48. The number of nitrogens with two attached hydrogens (primary N) is 1. The maximum absolute atomic E-state index is 5.87. The molecule has 2 N–H and O–H groups in total. The van der Waals surface area contributed by atoms with Crippen molar-refractivity contribution in [1.29, 1.82) is 0 Å². The zero-order chi connectivity index (χ0) is 12.7. The van der Waals surface area contributed by atoms with Crippen LogP contribution in [0.3, 0.4) is 0 Å². The van der Waals surface area contributed by atoms with E-state index >= 15 is 0 Å². The molecule has 0 aromatic carbocycles. The third-order valence-corrected chi connectivity index (χ3v) is 2.70. The minimum Gasteiger partial charge on any atom is -0.383 e. The minimum absolute atomic E-state index is 0.576. The summed E-state index contributed by atoms with van der Waals surface area (Å²) < 4.78 is 5.37. The summed E-state index contributed by atoms with van der Waals surface area (Å²) >= 11 is 0. The maximum Gasteiger partial charge on any atom is 0.137 e. The largest absolute Gasteiger partial charge is 0.383 e. The quantitative estimate of drug-likeness (QED) is 0.729. The summed E-state index contributed by atoms with van der Waals surface area (Å²) in [4.78, 5) is 10.5. The lowest BCUT2D eigenvalue weighted by atomic mass is 10.2. The summed E-state index contributed by atoms with van der Waals surface area (Å²) in [5.74, 6) is 1.51. The number of hydrogen-bond acceptors (Lipinski definition) is 5. The van der Waals surface area contributed by atoms with Gasteiger partial charge in [0.1, 0.15) is 18.0 Å². The van der Waals surface area contributed by atoms with Gasteiger partial charge >= 0.3 is 0 Å². The molecule has 5 heteroatoms. The van der Waals surface area contributed by atoms with Crippen LogP contribution in [0.15, 0.2) is 6.33 Å². The normalized spacial score (nSPS) is 10.5. The third kappa shape index (κ3) is 3.56. The fourth-order valence-electron chi connectivity index (χ4n) is 1.76. The number of ether oxygens (including phenoxy) is 1. The van der Waals surface area contributed by atoms with Crippen molar-refractivity contribution in [3.63, 3.8) is 0 Å². The highest BCUT2D eigenvalue weighted by Crippen LogP contribution is 2.21. The molecule has 0 amide bonds. The SMILES string of the molecule is CCOCCN(CC)c1ncnc(N)c1CC. The molecule has 0 aliphatic carbocycles. The summed E-state index contributed by atoms with van der Waals surface area (Å²) in [6, 6.07) is 0. The topological polar surface area (TPSA) is 64.3 Å². The summed E-state index contributed by atoms with van der Waals surface area (Å²) in [5, 5.41) is 0. The van der Waals surface area contributed by atoms with Gasteiger partial charge in [-0.2, -0.15) is 0 Å². The van der Waals surface area contributed by atoms with Gasteiger partial charge in [-0.05, 0) is 20.3 Å². The van der Waals surface area contributed by atoms with Crippen LogP contribution in [0, 0.1) is 0 Å². The molecular formula is C12H22N4O. The molecule has 0 unspecified atom stereocenters. The van der Waals surface area contributed by atoms with Crippen LogP contribution in [0.2, 0.25) is 0 Å². The van der Waals surface area contributed by atoms with Gasteiger partial charge in [-0.3, -0.25) is 0 Å². The van der Waals surface area contributed by atoms with E-state index in [0.29, 0.717) is 12.4 Å². The summed E-state index contributed by atoms with van der Waals surface area (Å²) in [6.07, 6.45) is 2.36. The molecular weight excluding hydrogens is 216 g/mol. The zero-order valence-corrected chi connectivity index (χ0v) is 10.9. The van der Waals surface area contributed by atoms with E-state index in [-0.39, 0.29) is 0 Å². The molecule has 1 aromatic rings. The molecule has 1 heterocycles. The fourth-order valence-corrected chi connectivity index (χ4v) is 1.76. The Morgan fingerprint density at radius 2 is 2.06 bits per heavy atom. The zero-order valence-electron chi connectivity index (χ0n) is 10.9. The lowest BCUT2D eigenvalue weighted by molar-refractivity contribution is 0.154. The smallest absolute Gasteiger partial charge is 0.137 e. The van der Waals surface area contributed by atoms with Gasteiger partial charge in [0, 0.05) is 25.3 Å². The van der Waals surface area contributed by atoms with E-state index in [4.69, 9.17) is 10.5 Å². The Morgan fingerprint density at radius 3 is 2.65 bits per heavy atom. The molecule has 0 aliphatic rings. The molecule has 0 aliphatic heterocycles. The van der Waals surface area contributed by atoms with Crippen LogP contribution in [0.1, 0.15) is 26.3 Å². The van der Waals surface area contributed by atoms with E-state index in [1.54, 1.807) is 0 Å². The third-order valence-electron chi connectivity index (χ3n) is 2.70. The average molecular weight is 238 g/mol. The van der Waals surface area contributed by atoms with E-state index in [0.717, 1.165) is 37.5 Å². The monoisotopic (exact) mass is 238 g/mol. The van der Waals surface area contributed by atoms with Gasteiger partial charge in [-0.15, -0.1) is 0 Å². The first-order valence-corrected chi connectivity index (χ1v) is 6.16. The summed E-state index contributed by atoms with van der Waals surface area (Å²) in [5.41, 5.74) is 6.89. The molecule has 5 nitrogen and oxygen atoms in total. The number of anilines is 2. The molecule has 96 valence electrons. The van der Waals surface area contributed by atoms with Crippen LogP contribution in [0.5, 0.6) is 0 Å². The Labute approximate surface area is 103 Å². The van der Waals surface area contributed by atoms with Crippen molar-refractivity contribution in [3.05, 3.63) is 11.9 Å². The second-order valence-electron chi connectivity index (χ2n) is 3.69. The average Bonchev–Trinajstić information content (AvgIpc) is 2.34. The molecule has 0 radical (unpaired) electrons. The molecule has 0 spiro atoms. The number of likely N-dealkylation sites (N-methyl/N-ethyl adjacent to an activating group) is 1. The first-order valence-electron chi connectivity index (χ1n) is 6.16. The van der Waals surface area contributed by atoms with Gasteiger partial charge in [-0.1, -0.05) is 6.92 Å². The van der Waals surface area contributed by atoms with Crippen molar-refractivity contribution < 1.29 is 4.74 Å². The molecule has 17 heavy (non-hydrogen) atoms. The number of rotatable bonds is 7. The highest BCUT2D eigenvalue weighted by Gasteiger charge is 2.13. The van der Waals surface area contributed by atoms with Gasteiger partial charge < -0.3 is 15.4 Å². The van der Waals surface area contributed by atoms with E-state index < -0.39 is 0 Å². The Balaban J connectivity index is 2.83. The molecule has 0 atom stereocenters. The standard InChI is InChI=1S/C12H22N4O/c1-4-10-11(13)14-9-15-12(10)16(5-2)7-8-17-6-3/h9H,4-8H2,1-3H3,(H2,13,14,15). The molecule has 0 saturated carbocycles. The van der Waals surface area contributed by atoms with Crippen LogP contribution in [0.25, 0.3) is 0 Å². The lowest BCUT2D eigenvalue weighted by Crippen LogP contribution is -2.29. The number of hydrogen-bond donors (Lipinski definition) is 1. The highest BCUT2D eigenvalue weighted by atomic mass is 16.5. The van der Waals surface area contributed by atoms with Crippen molar-refractivity contribution in [2.45, 2.75) is 27.2 Å². The van der Waals surface area contributed by atoms with Crippen LogP contribution in [-0.2, 0) is 11.2 Å². The molecule has 0 saturated heterocycles. The van der Waals surface area contributed by atoms with Gasteiger partial charge in [-0.25, -0.2) is 9.97 Å². The number of aromatic nitrogens is 2. The molecule has 1 aromatic heterocycles. The van der Waals surface area contributed by atoms with Gasteiger partial charge in [0.15, 0.2) is 0 Å². The Morgan fingerprint density at radius 1 is 1.29 bits per heavy atom. The van der Waals surface area contributed by atoms with E-state index in [2.05, 4.69) is 28.7 Å². The number of nitrogens with zero attached hydrogens (tertiary/aromatic N) is 3. The van der Waals surface area contributed by atoms with Crippen LogP contribution >= 0.6 is 0 Å². The fraction of sp³-hybridized carbons (Fsp3) is 0.667. The van der Waals surface area contributed by atoms with Crippen molar-refractivity contribution in [2.24, 2.45) is 0 Å². The van der Waals surface area contributed by atoms with Crippen LogP contribution < -0.4 is 10.6 Å². The van der Waals surface area contributed by atoms with Crippen LogP contribution in [-0.4, -0.2) is 36.3 Å². The van der Waals surface area contributed by atoms with E-state index in [1.807, 2.05) is 6.92 Å². The Hall–Kier alpha value is -1.36. The molecule has 0 fully saturated rings. The summed E-state index contributed by atoms with van der Waals surface area (Å²) in [6.45, 7) is 9.32. The summed E-state index contributed by atoms with van der Waals surface area (Å²) in [7, 11) is 0. The van der Waals surface area contributed by atoms with E-state index in [1.165, 1.54) is 6.33 Å². The number of nitrogen functional groups attached to an aromatic ring is 1. The van der Waals surface area contributed by atoms with Gasteiger partial charge in [0.2, 0.25) is 0 Å². The second kappa shape index (κ2) is 7.06. The Bertz CT molecular complexity index is 343. The van der Waals surface area contributed by atoms with Crippen molar-refractivity contribution >= 4 is 11.6 Å². The van der Waals surface area contributed by atoms with Crippen molar-refractivity contribution in [1.82, 2.24) is 9.97 Å².